The highest BCUT2D eigenvalue weighted by Gasteiger charge is 2.16. The zero-order valence-electron chi connectivity index (χ0n) is 15.5. The lowest BCUT2D eigenvalue weighted by Crippen LogP contribution is -2.29. The van der Waals surface area contributed by atoms with Crippen LogP contribution in [0, 0.1) is 0 Å². The van der Waals surface area contributed by atoms with Gasteiger partial charge in [-0.3, -0.25) is 0 Å². The van der Waals surface area contributed by atoms with E-state index in [-0.39, 0.29) is 0 Å². The van der Waals surface area contributed by atoms with E-state index >= 15 is 0 Å². The molecule has 1 amide bonds. The summed E-state index contributed by atoms with van der Waals surface area (Å²) < 4.78 is 7.27. The topological polar surface area (TPSA) is 56.1 Å². The third kappa shape index (κ3) is 5.27. The summed E-state index contributed by atoms with van der Waals surface area (Å²) in [4.78, 5) is 12.2. The van der Waals surface area contributed by atoms with Crippen molar-refractivity contribution in [2.75, 3.05) is 6.54 Å². The molecule has 28 heavy (non-hydrogen) atoms. The monoisotopic (exact) mass is 417 g/mol. The largest absolute Gasteiger partial charge is 0.412 e. The van der Waals surface area contributed by atoms with E-state index in [9.17, 15) is 4.79 Å². The number of benzene rings is 2. The quantitative estimate of drug-likeness (QED) is 0.554. The smallest absolute Gasteiger partial charge is 0.407 e. The lowest BCUT2D eigenvalue weighted by Gasteiger charge is -2.10. The van der Waals surface area contributed by atoms with Crippen molar-refractivity contribution in [1.82, 2.24) is 15.1 Å². The van der Waals surface area contributed by atoms with E-state index in [0.29, 0.717) is 28.8 Å². The highest BCUT2D eigenvalue weighted by molar-refractivity contribution is 6.30. The number of carbonyl (C=O) groups is 1. The summed E-state index contributed by atoms with van der Waals surface area (Å²) in [7, 11) is 0. The number of amides is 1. The Kier molecular flexibility index (Phi) is 6.95. The summed E-state index contributed by atoms with van der Waals surface area (Å²) in [5.74, 6) is 0.459. The van der Waals surface area contributed by atoms with Gasteiger partial charge in [-0.2, -0.15) is 5.10 Å². The Bertz CT molecular complexity index is 922. The molecule has 0 radical (unpaired) electrons. The fourth-order valence-corrected chi connectivity index (χ4v) is 3.06. The van der Waals surface area contributed by atoms with E-state index in [1.54, 1.807) is 23.0 Å². The molecule has 0 atom stereocenters. The summed E-state index contributed by atoms with van der Waals surface area (Å²) in [5, 5.41) is 8.50. The Morgan fingerprint density at radius 3 is 2.32 bits per heavy atom. The number of nitrogens with zero attached hydrogens (tertiary/aromatic N) is 2. The number of hydrogen-bond donors (Lipinski definition) is 1. The molecular weight excluding hydrogens is 397 g/mol. The van der Waals surface area contributed by atoms with Crippen molar-refractivity contribution in [3.05, 3.63) is 76.0 Å². The van der Waals surface area contributed by atoms with Gasteiger partial charge in [-0.15, -0.1) is 0 Å². The molecular formula is C21H21Cl2N3O2. The number of hydrogen-bond acceptors (Lipinski definition) is 3. The molecule has 0 aliphatic rings. The van der Waals surface area contributed by atoms with Crippen LogP contribution >= 0.6 is 23.2 Å². The molecule has 0 bridgehead atoms. The second-order valence-corrected chi connectivity index (χ2v) is 7.16. The van der Waals surface area contributed by atoms with Crippen LogP contribution in [0.2, 0.25) is 10.0 Å². The molecule has 2 aromatic carbocycles. The van der Waals surface area contributed by atoms with E-state index in [2.05, 4.69) is 17.3 Å². The Balaban J connectivity index is 1.63. The number of aromatic nitrogens is 2. The van der Waals surface area contributed by atoms with Crippen LogP contribution in [0.3, 0.4) is 0 Å². The van der Waals surface area contributed by atoms with E-state index in [1.165, 1.54) is 0 Å². The third-order valence-electron chi connectivity index (χ3n) is 4.19. The molecule has 3 rings (SSSR count). The molecule has 0 fully saturated rings. The predicted molar refractivity (Wildman–Crippen MR) is 112 cm³/mol. The first kappa shape index (κ1) is 20.2. The number of halogens is 2. The Morgan fingerprint density at radius 2 is 1.68 bits per heavy atom. The number of ether oxygens (including phenoxy) is 1. The van der Waals surface area contributed by atoms with Crippen molar-refractivity contribution in [3.8, 4) is 11.4 Å². The number of nitrogens with one attached hydrogen (secondary N) is 1. The van der Waals surface area contributed by atoms with Crippen molar-refractivity contribution < 1.29 is 9.53 Å². The average Bonchev–Trinajstić information content (AvgIpc) is 3.07. The van der Waals surface area contributed by atoms with Gasteiger partial charge in [0.2, 0.25) is 0 Å². The molecule has 1 N–H and O–H groups in total. The third-order valence-corrected chi connectivity index (χ3v) is 4.69. The molecule has 146 valence electrons. The van der Waals surface area contributed by atoms with Crippen molar-refractivity contribution in [1.29, 1.82) is 0 Å². The normalized spacial score (nSPS) is 10.7. The second kappa shape index (κ2) is 9.62. The fraction of sp³-hybridized carbons (Fsp3) is 0.238. The van der Waals surface area contributed by atoms with Crippen LogP contribution in [0.15, 0.2) is 54.7 Å². The maximum absolute atomic E-state index is 12.2. The van der Waals surface area contributed by atoms with Crippen LogP contribution in [-0.4, -0.2) is 22.4 Å². The Hall–Kier alpha value is -2.50. The van der Waals surface area contributed by atoms with Crippen LogP contribution in [0.25, 0.3) is 5.69 Å². The minimum atomic E-state index is -0.498. The molecule has 0 saturated carbocycles. The molecule has 0 saturated heterocycles. The van der Waals surface area contributed by atoms with Gasteiger partial charge in [-0.05, 0) is 54.8 Å². The highest BCUT2D eigenvalue weighted by atomic mass is 35.5. The first-order valence-electron chi connectivity index (χ1n) is 9.09. The van der Waals surface area contributed by atoms with Crippen LogP contribution in [0.4, 0.5) is 4.79 Å². The van der Waals surface area contributed by atoms with Crippen LogP contribution in [-0.2, 0) is 12.8 Å². The SMILES string of the molecule is CCCc1c(OC(=O)NCCc2ccc(Cl)cc2)cnn1-c1ccc(Cl)cc1. The molecule has 0 spiro atoms. The standard InChI is InChI=1S/C21H21Cl2N3O2/c1-2-3-19-20(14-25-26(19)18-10-8-17(23)9-11-18)28-21(27)24-13-12-15-4-6-16(22)7-5-15/h4-11,14H,2-3,12-13H2,1H3,(H,24,27). The first-order valence-corrected chi connectivity index (χ1v) is 9.85. The van der Waals surface area contributed by atoms with Gasteiger partial charge in [0.1, 0.15) is 0 Å². The second-order valence-electron chi connectivity index (χ2n) is 6.29. The van der Waals surface area contributed by atoms with Crippen LogP contribution in [0.5, 0.6) is 5.75 Å². The van der Waals surface area contributed by atoms with Crippen molar-refractivity contribution in [2.45, 2.75) is 26.2 Å². The summed E-state index contributed by atoms with van der Waals surface area (Å²) in [6.45, 7) is 2.53. The molecule has 1 heterocycles. The number of carbonyl (C=O) groups excluding carboxylic acids is 1. The van der Waals surface area contributed by atoms with Gasteiger partial charge in [-0.1, -0.05) is 48.7 Å². The minimum Gasteiger partial charge on any atom is -0.407 e. The van der Waals surface area contributed by atoms with Crippen molar-refractivity contribution in [3.63, 3.8) is 0 Å². The maximum atomic E-state index is 12.2. The minimum absolute atomic E-state index is 0.459. The van der Waals surface area contributed by atoms with Crippen molar-refractivity contribution >= 4 is 29.3 Å². The summed E-state index contributed by atoms with van der Waals surface area (Å²) in [6.07, 6.45) is 3.39. The fourth-order valence-electron chi connectivity index (χ4n) is 2.81. The van der Waals surface area contributed by atoms with E-state index in [1.807, 2.05) is 36.4 Å². The zero-order valence-corrected chi connectivity index (χ0v) is 17.0. The lowest BCUT2D eigenvalue weighted by molar-refractivity contribution is 0.200. The maximum Gasteiger partial charge on any atom is 0.412 e. The van der Waals surface area contributed by atoms with Gasteiger partial charge in [-0.25, -0.2) is 9.48 Å². The van der Waals surface area contributed by atoms with Gasteiger partial charge in [0, 0.05) is 16.6 Å². The first-order chi connectivity index (χ1) is 13.6. The van der Waals surface area contributed by atoms with Gasteiger partial charge < -0.3 is 10.1 Å². The molecule has 5 nitrogen and oxygen atoms in total. The summed E-state index contributed by atoms with van der Waals surface area (Å²) >= 11 is 11.8. The van der Waals surface area contributed by atoms with Gasteiger partial charge in [0.25, 0.3) is 0 Å². The van der Waals surface area contributed by atoms with Gasteiger partial charge in [0.15, 0.2) is 5.75 Å². The molecule has 0 aliphatic heterocycles. The van der Waals surface area contributed by atoms with Crippen LogP contribution < -0.4 is 10.1 Å². The molecule has 1 aromatic heterocycles. The van der Waals surface area contributed by atoms with Gasteiger partial charge >= 0.3 is 6.09 Å². The highest BCUT2D eigenvalue weighted by Crippen LogP contribution is 2.24. The lowest BCUT2D eigenvalue weighted by atomic mass is 10.1. The molecule has 0 unspecified atom stereocenters. The molecule has 3 aromatic rings. The van der Waals surface area contributed by atoms with E-state index in [4.69, 9.17) is 27.9 Å². The van der Waals surface area contributed by atoms with E-state index < -0.39 is 6.09 Å². The van der Waals surface area contributed by atoms with E-state index in [0.717, 1.165) is 29.8 Å². The average molecular weight is 418 g/mol. The molecule has 0 aliphatic carbocycles. The van der Waals surface area contributed by atoms with Crippen molar-refractivity contribution in [2.24, 2.45) is 0 Å². The Morgan fingerprint density at radius 1 is 1.04 bits per heavy atom. The molecule has 7 heteroatoms. The summed E-state index contributed by atoms with van der Waals surface area (Å²) in [5.41, 5.74) is 2.80. The number of rotatable bonds is 7. The Labute approximate surface area is 174 Å². The summed E-state index contributed by atoms with van der Waals surface area (Å²) in [6, 6.07) is 14.9. The van der Waals surface area contributed by atoms with Gasteiger partial charge in [0.05, 0.1) is 17.6 Å². The van der Waals surface area contributed by atoms with Crippen LogP contribution in [0.1, 0.15) is 24.6 Å². The predicted octanol–water partition coefficient (Wildman–Crippen LogP) is 5.46. The zero-order chi connectivity index (χ0) is 19.9.